The molecule has 1 aromatic heterocycles. The molecule has 0 aliphatic rings. The van der Waals surface area contributed by atoms with Gasteiger partial charge < -0.3 is 19.9 Å². The van der Waals surface area contributed by atoms with Crippen LogP contribution >= 0.6 is 24.0 Å². The van der Waals surface area contributed by atoms with Crippen LogP contribution in [0.15, 0.2) is 46.1 Å². The number of benzene rings is 1. The summed E-state index contributed by atoms with van der Waals surface area (Å²) < 4.78 is 23.8. The summed E-state index contributed by atoms with van der Waals surface area (Å²) >= 11 is 0. The van der Waals surface area contributed by atoms with Gasteiger partial charge in [-0.2, -0.15) is 0 Å². The van der Waals surface area contributed by atoms with Crippen molar-refractivity contribution >= 4 is 29.9 Å². The predicted octanol–water partition coefficient (Wildman–Crippen LogP) is 2.56. The number of hydrogen-bond donors (Lipinski definition) is 2. The van der Waals surface area contributed by atoms with Gasteiger partial charge in [0.05, 0.1) is 13.1 Å². The molecule has 1 heterocycles. The summed E-state index contributed by atoms with van der Waals surface area (Å²) in [6, 6.07) is 8.10. The Morgan fingerprint density at radius 1 is 1.35 bits per heavy atom. The van der Waals surface area contributed by atoms with Crippen LogP contribution in [0.5, 0.6) is 5.75 Å². The Labute approximate surface area is 151 Å². The van der Waals surface area contributed by atoms with E-state index in [1.165, 1.54) is 12.3 Å². The third-order valence-electron chi connectivity index (χ3n) is 2.87. The van der Waals surface area contributed by atoms with Crippen LogP contribution in [0.25, 0.3) is 0 Å². The smallest absolute Gasteiger partial charge is 0.191 e. The number of guanidine groups is 1. The molecule has 0 spiro atoms. The number of para-hydroxylation sites is 1. The molecule has 0 radical (unpaired) electrons. The van der Waals surface area contributed by atoms with E-state index in [4.69, 9.17) is 9.26 Å². The van der Waals surface area contributed by atoms with Crippen LogP contribution in [-0.2, 0) is 6.54 Å². The van der Waals surface area contributed by atoms with Gasteiger partial charge in [0, 0.05) is 13.1 Å². The Balaban J connectivity index is 0.00000264. The maximum Gasteiger partial charge on any atom is 0.191 e. The summed E-state index contributed by atoms with van der Waals surface area (Å²) in [6.45, 7) is 2.83. The SMILES string of the molecule is CN=C(NCc1ccon1)NCC(C)Oc1ccccc1F.I. The van der Waals surface area contributed by atoms with Crippen LogP contribution in [0, 0.1) is 5.82 Å². The first-order valence-electron chi connectivity index (χ1n) is 6.94. The minimum atomic E-state index is -0.372. The van der Waals surface area contributed by atoms with Crippen molar-refractivity contribution in [2.24, 2.45) is 4.99 Å². The Hall–Kier alpha value is -1.84. The standard InChI is InChI=1S/C15H19FN4O2.HI/c1-11(22-14-6-4-3-5-13(14)16)9-18-15(17-2)19-10-12-7-8-21-20-12;/h3-8,11H,9-10H2,1-2H3,(H2,17,18,19);1H. The fraction of sp³-hybridized carbons (Fsp3) is 0.333. The van der Waals surface area contributed by atoms with Gasteiger partial charge in [-0.3, -0.25) is 4.99 Å². The molecular formula is C15H20FIN4O2. The molecule has 2 rings (SSSR count). The number of rotatable bonds is 6. The molecule has 0 aliphatic heterocycles. The molecule has 0 saturated heterocycles. The number of ether oxygens (including phenoxy) is 1. The van der Waals surface area contributed by atoms with Crippen LogP contribution in [0.4, 0.5) is 4.39 Å². The van der Waals surface area contributed by atoms with E-state index in [1.54, 1.807) is 31.3 Å². The summed E-state index contributed by atoms with van der Waals surface area (Å²) in [4.78, 5) is 4.09. The Morgan fingerprint density at radius 2 is 2.13 bits per heavy atom. The van der Waals surface area contributed by atoms with Crippen LogP contribution < -0.4 is 15.4 Å². The van der Waals surface area contributed by atoms with E-state index in [9.17, 15) is 4.39 Å². The molecule has 1 atom stereocenters. The lowest BCUT2D eigenvalue weighted by molar-refractivity contribution is 0.214. The average molecular weight is 434 g/mol. The topological polar surface area (TPSA) is 71.7 Å². The second-order valence-corrected chi connectivity index (χ2v) is 4.66. The van der Waals surface area contributed by atoms with Crippen LogP contribution in [-0.4, -0.2) is 30.8 Å². The molecule has 1 unspecified atom stereocenters. The summed E-state index contributed by atoms with van der Waals surface area (Å²) in [6.07, 6.45) is 1.29. The Bertz CT molecular complexity index is 607. The largest absolute Gasteiger partial charge is 0.486 e. The highest BCUT2D eigenvalue weighted by molar-refractivity contribution is 14.0. The first-order chi connectivity index (χ1) is 10.7. The van der Waals surface area contributed by atoms with Crippen molar-refractivity contribution in [3.63, 3.8) is 0 Å². The lowest BCUT2D eigenvalue weighted by Crippen LogP contribution is -2.41. The summed E-state index contributed by atoms with van der Waals surface area (Å²) in [5.41, 5.74) is 0.776. The summed E-state index contributed by atoms with van der Waals surface area (Å²) in [5, 5.41) is 9.99. The fourth-order valence-electron chi connectivity index (χ4n) is 1.76. The van der Waals surface area contributed by atoms with Crippen molar-refractivity contribution in [2.75, 3.05) is 13.6 Å². The first-order valence-corrected chi connectivity index (χ1v) is 6.94. The normalized spacial score (nSPS) is 12.2. The molecule has 126 valence electrons. The van der Waals surface area contributed by atoms with Gasteiger partial charge >= 0.3 is 0 Å². The monoisotopic (exact) mass is 434 g/mol. The molecule has 6 nitrogen and oxygen atoms in total. The predicted molar refractivity (Wildman–Crippen MR) is 96.6 cm³/mol. The molecule has 2 aromatic rings. The lowest BCUT2D eigenvalue weighted by atomic mass is 10.3. The van der Waals surface area contributed by atoms with E-state index in [1.807, 2.05) is 6.92 Å². The van der Waals surface area contributed by atoms with Crippen LogP contribution in [0.2, 0.25) is 0 Å². The first kappa shape index (κ1) is 19.2. The van der Waals surface area contributed by atoms with Gasteiger partial charge in [0.15, 0.2) is 17.5 Å². The molecule has 0 aliphatic carbocycles. The van der Waals surface area contributed by atoms with Gasteiger partial charge in [0.25, 0.3) is 0 Å². The highest BCUT2D eigenvalue weighted by atomic mass is 127. The molecule has 8 heteroatoms. The van der Waals surface area contributed by atoms with E-state index in [-0.39, 0.29) is 41.6 Å². The van der Waals surface area contributed by atoms with Crippen molar-refractivity contribution in [1.82, 2.24) is 15.8 Å². The lowest BCUT2D eigenvalue weighted by Gasteiger charge is -2.17. The molecule has 0 amide bonds. The van der Waals surface area contributed by atoms with E-state index >= 15 is 0 Å². The highest BCUT2D eigenvalue weighted by Crippen LogP contribution is 2.16. The highest BCUT2D eigenvalue weighted by Gasteiger charge is 2.09. The minimum Gasteiger partial charge on any atom is -0.486 e. The van der Waals surface area contributed by atoms with Crippen LogP contribution in [0.1, 0.15) is 12.6 Å². The Kier molecular flexibility index (Phi) is 8.38. The van der Waals surface area contributed by atoms with Gasteiger partial charge in [-0.05, 0) is 19.1 Å². The van der Waals surface area contributed by atoms with E-state index in [0.717, 1.165) is 5.69 Å². The quantitative estimate of drug-likeness (QED) is 0.416. The molecule has 0 saturated carbocycles. The second-order valence-electron chi connectivity index (χ2n) is 4.66. The zero-order chi connectivity index (χ0) is 15.8. The van der Waals surface area contributed by atoms with E-state index in [2.05, 4.69) is 20.8 Å². The zero-order valence-electron chi connectivity index (χ0n) is 13.0. The number of nitrogens with zero attached hydrogens (tertiary/aromatic N) is 2. The van der Waals surface area contributed by atoms with Crippen molar-refractivity contribution in [2.45, 2.75) is 19.6 Å². The zero-order valence-corrected chi connectivity index (χ0v) is 15.3. The molecule has 0 bridgehead atoms. The van der Waals surface area contributed by atoms with Crippen molar-refractivity contribution in [3.8, 4) is 5.75 Å². The van der Waals surface area contributed by atoms with Crippen LogP contribution in [0.3, 0.4) is 0 Å². The maximum absolute atomic E-state index is 13.5. The van der Waals surface area contributed by atoms with Crippen molar-refractivity contribution in [1.29, 1.82) is 0 Å². The second kappa shape index (κ2) is 10.0. The summed E-state index contributed by atoms with van der Waals surface area (Å²) in [7, 11) is 1.67. The number of aliphatic imine (C=N–C) groups is 1. The third-order valence-corrected chi connectivity index (χ3v) is 2.87. The number of hydrogen-bond acceptors (Lipinski definition) is 4. The van der Waals surface area contributed by atoms with Gasteiger partial charge in [0.2, 0.25) is 0 Å². The number of halogens is 2. The number of aromatic nitrogens is 1. The molecule has 23 heavy (non-hydrogen) atoms. The molecular weight excluding hydrogens is 414 g/mol. The van der Waals surface area contributed by atoms with Gasteiger partial charge in [0.1, 0.15) is 18.1 Å². The van der Waals surface area contributed by atoms with Crippen molar-refractivity contribution in [3.05, 3.63) is 48.1 Å². The average Bonchev–Trinajstić information content (AvgIpc) is 3.03. The van der Waals surface area contributed by atoms with Crippen molar-refractivity contribution < 1.29 is 13.7 Å². The van der Waals surface area contributed by atoms with E-state index in [0.29, 0.717) is 19.0 Å². The minimum absolute atomic E-state index is 0. The third kappa shape index (κ3) is 6.43. The molecule has 2 N–H and O–H groups in total. The molecule has 0 fully saturated rings. The molecule has 1 aromatic carbocycles. The fourth-order valence-corrected chi connectivity index (χ4v) is 1.76. The van der Waals surface area contributed by atoms with Gasteiger partial charge in [-0.1, -0.05) is 17.3 Å². The van der Waals surface area contributed by atoms with Gasteiger partial charge in [-0.15, -0.1) is 24.0 Å². The Morgan fingerprint density at radius 3 is 2.78 bits per heavy atom. The van der Waals surface area contributed by atoms with Gasteiger partial charge in [-0.25, -0.2) is 4.39 Å². The summed E-state index contributed by atoms with van der Waals surface area (Å²) in [5.74, 6) is 0.470. The number of nitrogens with one attached hydrogen (secondary N) is 2. The van der Waals surface area contributed by atoms with E-state index < -0.39 is 0 Å². The maximum atomic E-state index is 13.5.